The van der Waals surface area contributed by atoms with Crippen molar-refractivity contribution >= 4 is 16.8 Å². The van der Waals surface area contributed by atoms with E-state index in [0.717, 1.165) is 34.4 Å². The second-order valence-electron chi connectivity index (χ2n) is 5.93. The number of nitrogens with one attached hydrogen (secondary N) is 2. The first kappa shape index (κ1) is 17.9. The Hall–Kier alpha value is -2.95. The van der Waals surface area contributed by atoms with Crippen molar-refractivity contribution in [2.75, 3.05) is 19.8 Å². The van der Waals surface area contributed by atoms with Gasteiger partial charge in [0, 0.05) is 23.8 Å². The van der Waals surface area contributed by atoms with Crippen molar-refractivity contribution in [3.05, 3.63) is 59.8 Å². The number of aromatic amines is 1. The van der Waals surface area contributed by atoms with Crippen molar-refractivity contribution in [3.8, 4) is 11.5 Å². The van der Waals surface area contributed by atoms with Crippen LogP contribution in [0.5, 0.6) is 11.5 Å². The molecule has 0 unspecified atom stereocenters. The molecule has 0 saturated heterocycles. The monoisotopic (exact) mass is 352 g/mol. The molecule has 0 fully saturated rings. The zero-order valence-corrected chi connectivity index (χ0v) is 15.2. The van der Waals surface area contributed by atoms with Gasteiger partial charge in [-0.15, -0.1) is 0 Å². The summed E-state index contributed by atoms with van der Waals surface area (Å²) in [6.07, 6.45) is 2.59. The van der Waals surface area contributed by atoms with E-state index in [1.165, 1.54) is 0 Å². The Bertz CT molecular complexity index is 886. The van der Waals surface area contributed by atoms with Crippen LogP contribution in [0.1, 0.15) is 29.8 Å². The number of H-pyrrole nitrogens is 1. The van der Waals surface area contributed by atoms with Crippen molar-refractivity contribution in [2.24, 2.45) is 0 Å². The summed E-state index contributed by atoms with van der Waals surface area (Å²) < 4.78 is 11.2. The van der Waals surface area contributed by atoms with Crippen molar-refractivity contribution in [3.63, 3.8) is 0 Å². The van der Waals surface area contributed by atoms with Gasteiger partial charge >= 0.3 is 0 Å². The molecule has 26 heavy (non-hydrogen) atoms. The number of aromatic nitrogens is 1. The number of amides is 1. The number of fused-ring (bicyclic) bond motifs is 1. The molecule has 2 N–H and O–H groups in total. The molecule has 0 aliphatic heterocycles. The molecule has 0 bridgehead atoms. The Morgan fingerprint density at radius 1 is 1.00 bits per heavy atom. The van der Waals surface area contributed by atoms with Crippen LogP contribution < -0.4 is 14.8 Å². The average Bonchev–Trinajstić information content (AvgIpc) is 3.12. The maximum atomic E-state index is 12.3. The van der Waals surface area contributed by atoms with E-state index in [4.69, 9.17) is 9.47 Å². The Kier molecular flexibility index (Phi) is 5.79. The molecule has 0 radical (unpaired) electrons. The van der Waals surface area contributed by atoms with Crippen LogP contribution in [0.2, 0.25) is 0 Å². The average molecular weight is 352 g/mol. The van der Waals surface area contributed by atoms with E-state index in [2.05, 4.69) is 10.3 Å². The number of ether oxygens (including phenoxy) is 2. The molecule has 0 saturated carbocycles. The van der Waals surface area contributed by atoms with Gasteiger partial charge < -0.3 is 19.8 Å². The molecule has 0 aliphatic rings. The normalized spacial score (nSPS) is 10.7. The van der Waals surface area contributed by atoms with Crippen molar-refractivity contribution < 1.29 is 14.3 Å². The molecule has 1 heterocycles. The molecule has 1 aromatic heterocycles. The fourth-order valence-corrected chi connectivity index (χ4v) is 2.86. The first-order valence-electron chi connectivity index (χ1n) is 8.95. The summed E-state index contributed by atoms with van der Waals surface area (Å²) in [5.74, 6) is 1.43. The first-order valence-corrected chi connectivity index (χ1v) is 8.95. The van der Waals surface area contributed by atoms with E-state index in [0.29, 0.717) is 25.3 Å². The smallest absolute Gasteiger partial charge is 0.251 e. The van der Waals surface area contributed by atoms with Gasteiger partial charge in [0.15, 0.2) is 11.5 Å². The van der Waals surface area contributed by atoms with E-state index in [9.17, 15) is 4.79 Å². The lowest BCUT2D eigenvalue weighted by Crippen LogP contribution is -2.25. The highest BCUT2D eigenvalue weighted by Gasteiger charge is 2.08. The largest absolute Gasteiger partial charge is 0.490 e. The fraction of sp³-hybridized carbons (Fsp3) is 0.286. The summed E-state index contributed by atoms with van der Waals surface area (Å²) in [6.45, 7) is 5.64. The number of rotatable bonds is 8. The molecule has 136 valence electrons. The lowest BCUT2D eigenvalue weighted by atomic mass is 10.1. The van der Waals surface area contributed by atoms with Gasteiger partial charge in [0.25, 0.3) is 5.91 Å². The van der Waals surface area contributed by atoms with E-state index < -0.39 is 0 Å². The SMILES string of the molecule is CCOc1ccc(CCNC(=O)c2ccc3cc[nH]c3c2)cc1OCC. The van der Waals surface area contributed by atoms with Crippen molar-refractivity contribution in [1.82, 2.24) is 10.3 Å². The predicted molar refractivity (Wildman–Crippen MR) is 103 cm³/mol. The van der Waals surface area contributed by atoms with E-state index in [1.54, 1.807) is 0 Å². The van der Waals surface area contributed by atoms with Crippen LogP contribution >= 0.6 is 0 Å². The number of hydrogen-bond acceptors (Lipinski definition) is 3. The number of hydrogen-bond donors (Lipinski definition) is 2. The highest BCUT2D eigenvalue weighted by Crippen LogP contribution is 2.28. The molecule has 1 amide bonds. The van der Waals surface area contributed by atoms with Crippen LogP contribution in [0.3, 0.4) is 0 Å². The zero-order valence-electron chi connectivity index (χ0n) is 15.2. The van der Waals surface area contributed by atoms with Crippen LogP contribution in [-0.2, 0) is 6.42 Å². The molecule has 2 aromatic carbocycles. The third-order valence-electron chi connectivity index (χ3n) is 4.12. The standard InChI is InChI=1S/C21H24N2O3/c1-3-25-19-8-5-15(13-20(19)26-4-2)9-11-23-21(24)17-7-6-16-10-12-22-18(16)14-17/h5-8,10,12-14,22H,3-4,9,11H2,1-2H3,(H,23,24). The minimum Gasteiger partial charge on any atom is -0.490 e. The van der Waals surface area contributed by atoms with E-state index >= 15 is 0 Å². The second kappa shape index (κ2) is 8.43. The van der Waals surface area contributed by atoms with Gasteiger partial charge in [-0.25, -0.2) is 0 Å². The van der Waals surface area contributed by atoms with E-state index in [1.807, 2.05) is 62.5 Å². The Labute approximate surface area is 153 Å². The Balaban J connectivity index is 1.59. The van der Waals surface area contributed by atoms with Gasteiger partial charge in [0.1, 0.15) is 0 Å². The molecule has 0 atom stereocenters. The maximum absolute atomic E-state index is 12.3. The summed E-state index contributed by atoms with van der Waals surface area (Å²) >= 11 is 0. The van der Waals surface area contributed by atoms with E-state index in [-0.39, 0.29) is 5.91 Å². The third-order valence-corrected chi connectivity index (χ3v) is 4.12. The summed E-state index contributed by atoms with van der Waals surface area (Å²) in [4.78, 5) is 15.5. The maximum Gasteiger partial charge on any atom is 0.251 e. The van der Waals surface area contributed by atoms with Gasteiger partial charge in [0.05, 0.1) is 13.2 Å². The topological polar surface area (TPSA) is 63.3 Å². The molecular formula is C21H24N2O3. The van der Waals surface area contributed by atoms with Crippen LogP contribution in [0.4, 0.5) is 0 Å². The number of benzene rings is 2. The van der Waals surface area contributed by atoms with Crippen LogP contribution in [0.15, 0.2) is 48.7 Å². The van der Waals surface area contributed by atoms with Crippen LogP contribution in [-0.4, -0.2) is 30.6 Å². The highest BCUT2D eigenvalue weighted by atomic mass is 16.5. The third kappa shape index (κ3) is 4.17. The number of carbonyl (C=O) groups is 1. The summed E-state index contributed by atoms with van der Waals surface area (Å²) in [7, 11) is 0. The minimum atomic E-state index is -0.0718. The van der Waals surface area contributed by atoms with Gasteiger partial charge in [0.2, 0.25) is 0 Å². The Morgan fingerprint density at radius 3 is 2.62 bits per heavy atom. The molecule has 5 heteroatoms. The fourth-order valence-electron chi connectivity index (χ4n) is 2.86. The molecule has 0 aliphatic carbocycles. The van der Waals surface area contributed by atoms with Crippen molar-refractivity contribution in [1.29, 1.82) is 0 Å². The second-order valence-corrected chi connectivity index (χ2v) is 5.93. The summed E-state index contributed by atoms with van der Waals surface area (Å²) in [6, 6.07) is 13.5. The quantitative estimate of drug-likeness (QED) is 0.645. The molecular weight excluding hydrogens is 328 g/mol. The number of carbonyl (C=O) groups excluding carboxylic acids is 1. The zero-order chi connectivity index (χ0) is 18.4. The molecule has 3 rings (SSSR count). The summed E-state index contributed by atoms with van der Waals surface area (Å²) in [5, 5.41) is 4.07. The van der Waals surface area contributed by atoms with Gasteiger partial charge in [-0.2, -0.15) is 0 Å². The van der Waals surface area contributed by atoms with Gasteiger partial charge in [-0.3, -0.25) is 4.79 Å². The minimum absolute atomic E-state index is 0.0718. The van der Waals surface area contributed by atoms with Crippen LogP contribution in [0, 0.1) is 0 Å². The molecule has 3 aromatic rings. The lowest BCUT2D eigenvalue weighted by molar-refractivity contribution is 0.0954. The summed E-state index contributed by atoms with van der Waals surface area (Å²) in [5.41, 5.74) is 2.71. The predicted octanol–water partition coefficient (Wildman–Crippen LogP) is 3.94. The van der Waals surface area contributed by atoms with Crippen LogP contribution in [0.25, 0.3) is 10.9 Å². The lowest BCUT2D eigenvalue weighted by Gasteiger charge is -2.12. The van der Waals surface area contributed by atoms with Gasteiger partial charge in [-0.1, -0.05) is 12.1 Å². The Morgan fingerprint density at radius 2 is 1.81 bits per heavy atom. The highest BCUT2D eigenvalue weighted by molar-refractivity contribution is 5.97. The van der Waals surface area contributed by atoms with Gasteiger partial charge in [-0.05, 0) is 61.5 Å². The molecule has 0 spiro atoms. The first-order chi connectivity index (χ1) is 12.7. The van der Waals surface area contributed by atoms with Crippen molar-refractivity contribution in [2.45, 2.75) is 20.3 Å². The molecule has 5 nitrogen and oxygen atoms in total.